The summed E-state index contributed by atoms with van der Waals surface area (Å²) in [7, 11) is 5.47. The van der Waals surface area contributed by atoms with Crippen LogP contribution in [0.2, 0.25) is 5.02 Å². The number of amides is 2. The van der Waals surface area contributed by atoms with Gasteiger partial charge in [0.05, 0.1) is 23.3 Å². The van der Waals surface area contributed by atoms with Crippen LogP contribution < -0.4 is 20.7 Å². The molecular weight excluding hydrogens is 566 g/mol. The van der Waals surface area contributed by atoms with E-state index in [-0.39, 0.29) is 11.8 Å². The molecule has 0 atom stereocenters. The second-order valence-corrected chi connectivity index (χ2v) is 10.2. The summed E-state index contributed by atoms with van der Waals surface area (Å²) in [6, 6.07) is 21.4. The van der Waals surface area contributed by atoms with Crippen LogP contribution in [-0.4, -0.2) is 59.0 Å². The molecule has 0 radical (unpaired) electrons. The van der Waals surface area contributed by atoms with E-state index in [2.05, 4.69) is 25.9 Å². The number of aromatic nitrogens is 3. The number of carbonyl (C=O) groups is 2. The Morgan fingerprint density at radius 1 is 1.00 bits per heavy atom. The molecule has 0 saturated heterocycles. The zero-order valence-corrected chi connectivity index (χ0v) is 24.6. The molecule has 5 aromatic rings. The van der Waals surface area contributed by atoms with Gasteiger partial charge in [0, 0.05) is 47.3 Å². The number of likely N-dealkylation sites (N-methyl/N-ethyl adjacent to an activating group) is 1. The summed E-state index contributed by atoms with van der Waals surface area (Å²) < 4.78 is 7.42. The second-order valence-electron chi connectivity index (χ2n) is 9.83. The Labute approximate surface area is 254 Å². The van der Waals surface area contributed by atoms with Crippen LogP contribution in [0.4, 0.5) is 23.0 Å². The highest BCUT2D eigenvalue weighted by atomic mass is 35.5. The molecule has 2 heterocycles. The molecule has 3 N–H and O–H groups in total. The van der Waals surface area contributed by atoms with E-state index in [4.69, 9.17) is 16.3 Å². The molecule has 2 amide bonds. The van der Waals surface area contributed by atoms with Crippen molar-refractivity contribution in [2.75, 3.05) is 43.7 Å². The van der Waals surface area contributed by atoms with Gasteiger partial charge < -0.3 is 30.2 Å². The molecular formula is C32H30ClN7O3. The van der Waals surface area contributed by atoms with Crippen molar-refractivity contribution in [3.63, 3.8) is 0 Å². The Balaban J connectivity index is 1.29. The molecule has 3 aromatic carbocycles. The van der Waals surface area contributed by atoms with E-state index in [1.807, 2.05) is 54.0 Å². The number of anilines is 4. The average molecular weight is 596 g/mol. The Hall–Kier alpha value is -5.19. The van der Waals surface area contributed by atoms with Crippen molar-refractivity contribution in [2.24, 2.45) is 0 Å². The van der Waals surface area contributed by atoms with Gasteiger partial charge in [0.2, 0.25) is 11.9 Å². The Bertz CT molecular complexity index is 1820. The molecule has 0 saturated carbocycles. The number of carbonyl (C=O) groups excluding carboxylic acids is 2. The normalized spacial score (nSPS) is 11.2. The molecule has 0 spiro atoms. The summed E-state index contributed by atoms with van der Waals surface area (Å²) in [6.45, 7) is 0.644. The number of halogens is 1. The van der Waals surface area contributed by atoms with Crippen molar-refractivity contribution < 1.29 is 14.3 Å². The van der Waals surface area contributed by atoms with Crippen LogP contribution in [-0.2, 0) is 4.79 Å². The van der Waals surface area contributed by atoms with Crippen LogP contribution in [0.3, 0.4) is 0 Å². The number of fused-ring (bicyclic) bond motifs is 1. The molecule has 0 aliphatic carbocycles. The largest absolute Gasteiger partial charge is 0.496 e. The number of hydrogen-bond donors (Lipinski definition) is 3. The third-order valence-corrected chi connectivity index (χ3v) is 6.73. The lowest BCUT2D eigenvalue weighted by molar-refractivity contribution is -0.111. The summed E-state index contributed by atoms with van der Waals surface area (Å²) in [5.74, 6) is 1.14. The van der Waals surface area contributed by atoms with Gasteiger partial charge in [-0.3, -0.25) is 9.59 Å². The minimum absolute atomic E-state index is 0.274. The fraction of sp³-hybridized carbons (Fsp3) is 0.125. The van der Waals surface area contributed by atoms with E-state index >= 15 is 0 Å². The number of benzene rings is 3. The van der Waals surface area contributed by atoms with Gasteiger partial charge in [-0.05, 0) is 74.8 Å². The van der Waals surface area contributed by atoms with Crippen molar-refractivity contribution in [2.45, 2.75) is 0 Å². The molecule has 0 aliphatic heterocycles. The van der Waals surface area contributed by atoms with E-state index in [0.29, 0.717) is 46.0 Å². The minimum atomic E-state index is -0.347. The number of rotatable bonds is 10. The first-order valence-corrected chi connectivity index (χ1v) is 13.8. The van der Waals surface area contributed by atoms with Gasteiger partial charge in [-0.25, -0.2) is 4.98 Å². The van der Waals surface area contributed by atoms with Gasteiger partial charge in [-0.15, -0.1) is 0 Å². The third kappa shape index (κ3) is 7.18. The van der Waals surface area contributed by atoms with E-state index in [1.165, 1.54) is 6.08 Å². The van der Waals surface area contributed by atoms with E-state index in [1.54, 1.807) is 67.9 Å². The predicted octanol–water partition coefficient (Wildman–Crippen LogP) is 6.13. The molecule has 218 valence electrons. The molecule has 0 unspecified atom stereocenters. The van der Waals surface area contributed by atoms with Gasteiger partial charge >= 0.3 is 0 Å². The van der Waals surface area contributed by atoms with Crippen LogP contribution >= 0.6 is 11.6 Å². The molecule has 5 rings (SSSR count). The van der Waals surface area contributed by atoms with Crippen molar-refractivity contribution in [1.29, 1.82) is 0 Å². The smallest absolute Gasteiger partial charge is 0.255 e. The first-order valence-electron chi connectivity index (χ1n) is 13.4. The zero-order valence-electron chi connectivity index (χ0n) is 23.8. The summed E-state index contributed by atoms with van der Waals surface area (Å²) in [6.07, 6.45) is 6.80. The fourth-order valence-electron chi connectivity index (χ4n) is 4.38. The van der Waals surface area contributed by atoms with Gasteiger partial charge in [0.25, 0.3) is 5.91 Å². The van der Waals surface area contributed by atoms with E-state index in [0.717, 1.165) is 16.7 Å². The highest BCUT2D eigenvalue weighted by Crippen LogP contribution is 2.30. The lowest BCUT2D eigenvalue weighted by atomic mass is 10.1. The maximum absolute atomic E-state index is 13.0. The summed E-state index contributed by atoms with van der Waals surface area (Å²) in [5, 5.41) is 10.2. The quantitative estimate of drug-likeness (QED) is 0.166. The van der Waals surface area contributed by atoms with E-state index < -0.39 is 0 Å². The summed E-state index contributed by atoms with van der Waals surface area (Å²) in [4.78, 5) is 36.2. The fourth-order valence-corrected chi connectivity index (χ4v) is 4.54. The molecule has 0 bridgehead atoms. The highest BCUT2D eigenvalue weighted by molar-refractivity contribution is 6.33. The maximum atomic E-state index is 13.0. The molecule has 43 heavy (non-hydrogen) atoms. The molecule has 0 aliphatic rings. The topological polar surface area (TPSA) is 113 Å². The standard InChI is InChI=1S/C32H30ClN7O3/c1-39(2)17-6-11-30(41)35-22-8-4-7-21(19-22)31(42)36-23-12-13-25(33)26(20-23)37-32-34-16-14-29(38-32)40-18-15-24-27(40)9-5-10-28(24)43-3/h4-16,18-20H,17H2,1-3H3,(H,35,41)(H,36,42)(H,34,37,38)/b11-6+. The Morgan fingerprint density at radius 2 is 1.81 bits per heavy atom. The first-order chi connectivity index (χ1) is 20.8. The predicted molar refractivity (Wildman–Crippen MR) is 171 cm³/mol. The Morgan fingerprint density at radius 3 is 2.63 bits per heavy atom. The van der Waals surface area contributed by atoms with Crippen LogP contribution in [0, 0.1) is 0 Å². The zero-order chi connectivity index (χ0) is 30.3. The lowest BCUT2D eigenvalue weighted by Crippen LogP contribution is -2.14. The second kappa shape index (κ2) is 13.2. The minimum Gasteiger partial charge on any atom is -0.496 e. The monoisotopic (exact) mass is 595 g/mol. The summed E-state index contributed by atoms with van der Waals surface area (Å²) in [5.41, 5.74) is 2.86. The van der Waals surface area contributed by atoms with Crippen LogP contribution in [0.25, 0.3) is 16.7 Å². The number of nitrogens with zero attached hydrogens (tertiary/aromatic N) is 4. The van der Waals surface area contributed by atoms with Crippen LogP contribution in [0.1, 0.15) is 10.4 Å². The first kappa shape index (κ1) is 29.3. The number of ether oxygens (including phenoxy) is 1. The third-order valence-electron chi connectivity index (χ3n) is 6.40. The van der Waals surface area contributed by atoms with Crippen molar-refractivity contribution in [3.8, 4) is 11.6 Å². The van der Waals surface area contributed by atoms with Gasteiger partial charge in [0.15, 0.2) is 0 Å². The molecule has 10 nitrogen and oxygen atoms in total. The Kier molecular flexibility index (Phi) is 8.99. The average Bonchev–Trinajstić information content (AvgIpc) is 3.43. The highest BCUT2D eigenvalue weighted by Gasteiger charge is 2.12. The number of nitrogens with one attached hydrogen (secondary N) is 3. The van der Waals surface area contributed by atoms with Crippen molar-refractivity contribution >= 4 is 57.3 Å². The number of hydrogen-bond acceptors (Lipinski definition) is 7. The van der Waals surface area contributed by atoms with Crippen LogP contribution in [0.5, 0.6) is 5.75 Å². The SMILES string of the molecule is COc1cccc2c1ccn2-c1ccnc(Nc2cc(NC(=O)c3cccc(NC(=O)/C=C/CN(C)C)c3)ccc2Cl)n1. The number of methoxy groups -OCH3 is 1. The van der Waals surface area contributed by atoms with E-state index in [9.17, 15) is 9.59 Å². The molecule has 2 aromatic heterocycles. The molecule has 11 heteroatoms. The summed E-state index contributed by atoms with van der Waals surface area (Å²) >= 11 is 6.47. The van der Waals surface area contributed by atoms with Gasteiger partial charge in [0.1, 0.15) is 11.6 Å². The lowest BCUT2D eigenvalue weighted by Gasteiger charge is -2.12. The van der Waals surface area contributed by atoms with Gasteiger partial charge in [-0.2, -0.15) is 4.98 Å². The van der Waals surface area contributed by atoms with Crippen LogP contribution in [0.15, 0.2) is 97.3 Å². The van der Waals surface area contributed by atoms with Crippen molar-refractivity contribution in [3.05, 3.63) is 108 Å². The van der Waals surface area contributed by atoms with Crippen molar-refractivity contribution in [1.82, 2.24) is 19.4 Å². The molecule has 0 fully saturated rings. The maximum Gasteiger partial charge on any atom is 0.255 e. The van der Waals surface area contributed by atoms with Gasteiger partial charge in [-0.1, -0.05) is 29.8 Å².